The van der Waals surface area contributed by atoms with Crippen molar-refractivity contribution in [2.45, 2.75) is 56.3 Å². The number of hydrogen-bond donors (Lipinski definition) is 9. The molecule has 17 heteroatoms. The van der Waals surface area contributed by atoms with Gasteiger partial charge in [0.15, 0.2) is 0 Å². The Morgan fingerprint density at radius 3 is 1.96 bits per heavy atom. The van der Waals surface area contributed by atoms with E-state index in [1.165, 1.54) is 25.0 Å². The fraction of sp³-hybridized carbons (Fsp3) is 0.357. The van der Waals surface area contributed by atoms with Crippen molar-refractivity contribution in [2.75, 3.05) is 6.54 Å². The molecule has 0 fully saturated rings. The van der Waals surface area contributed by atoms with Crippen LogP contribution in [0.15, 0.2) is 55.4 Å². The fourth-order valence-electron chi connectivity index (χ4n) is 4.22. The van der Waals surface area contributed by atoms with Crippen LogP contribution in [0.3, 0.4) is 0 Å². The van der Waals surface area contributed by atoms with E-state index in [9.17, 15) is 39.0 Å². The molecule has 0 radical (unpaired) electrons. The van der Waals surface area contributed by atoms with Gasteiger partial charge in [-0.05, 0) is 12.0 Å². The molecule has 0 aliphatic carbocycles. The van der Waals surface area contributed by atoms with E-state index in [1.807, 2.05) is 0 Å². The Balaban J connectivity index is 1.68. The van der Waals surface area contributed by atoms with Crippen molar-refractivity contribution in [3.63, 3.8) is 0 Å². The third kappa shape index (κ3) is 11.6. The molecule has 2 heterocycles. The van der Waals surface area contributed by atoms with Gasteiger partial charge in [0.25, 0.3) is 0 Å². The minimum atomic E-state index is -1.35. The zero-order chi connectivity index (χ0) is 32.8. The van der Waals surface area contributed by atoms with Gasteiger partial charge in [-0.15, -0.1) is 0 Å². The molecule has 4 amide bonds. The SMILES string of the molecule is N[C@@H](Cc1cnc[nH]1)C(=O)N[C@@H](CCC(=O)O)C(=O)N[C@@H](Cc1ccccc1)C(=O)NCC(=O)N[C@@H](Cc1cnc[nH]1)C(=O)O. The number of nitrogens with one attached hydrogen (secondary N) is 6. The molecule has 0 saturated carbocycles. The Labute approximate surface area is 256 Å². The zero-order valence-electron chi connectivity index (χ0n) is 24.1. The summed E-state index contributed by atoms with van der Waals surface area (Å²) in [6.45, 7) is -0.603. The van der Waals surface area contributed by atoms with Gasteiger partial charge in [-0.1, -0.05) is 30.3 Å². The van der Waals surface area contributed by atoms with Crippen LogP contribution < -0.4 is 27.0 Å². The molecule has 240 valence electrons. The van der Waals surface area contributed by atoms with Crippen LogP contribution in [-0.4, -0.2) is 96.4 Å². The number of rotatable bonds is 18. The lowest BCUT2D eigenvalue weighted by atomic mass is 10.0. The van der Waals surface area contributed by atoms with Crippen molar-refractivity contribution in [3.8, 4) is 0 Å². The summed E-state index contributed by atoms with van der Waals surface area (Å²) in [4.78, 5) is 88.0. The van der Waals surface area contributed by atoms with E-state index >= 15 is 0 Å². The van der Waals surface area contributed by atoms with Crippen molar-refractivity contribution in [3.05, 3.63) is 72.3 Å². The topological polar surface area (TPSA) is 274 Å². The van der Waals surface area contributed by atoms with Crippen LogP contribution in [0.25, 0.3) is 0 Å². The number of H-pyrrole nitrogens is 2. The second kappa shape index (κ2) is 16.9. The van der Waals surface area contributed by atoms with Gasteiger partial charge in [-0.25, -0.2) is 14.8 Å². The van der Waals surface area contributed by atoms with E-state index in [0.29, 0.717) is 17.0 Å². The lowest BCUT2D eigenvalue weighted by Crippen LogP contribution is -2.57. The van der Waals surface area contributed by atoms with Crippen LogP contribution in [0.1, 0.15) is 29.8 Å². The smallest absolute Gasteiger partial charge is 0.326 e. The first kappa shape index (κ1) is 33.9. The van der Waals surface area contributed by atoms with E-state index in [0.717, 1.165) is 0 Å². The van der Waals surface area contributed by atoms with Gasteiger partial charge in [0.05, 0.1) is 25.2 Å². The number of nitrogens with zero attached hydrogens (tertiary/aromatic N) is 2. The molecule has 0 aliphatic heterocycles. The molecular formula is C28H35N9O8. The number of hydrogen-bond acceptors (Lipinski definition) is 9. The Kier molecular flexibility index (Phi) is 12.7. The number of benzene rings is 1. The van der Waals surface area contributed by atoms with Gasteiger partial charge in [0, 0.05) is 49.5 Å². The lowest BCUT2D eigenvalue weighted by molar-refractivity contribution is -0.142. The summed E-state index contributed by atoms with van der Waals surface area (Å²) < 4.78 is 0. The van der Waals surface area contributed by atoms with Crippen molar-refractivity contribution >= 4 is 35.6 Å². The monoisotopic (exact) mass is 625 g/mol. The summed E-state index contributed by atoms with van der Waals surface area (Å²) >= 11 is 0. The molecule has 4 atom stereocenters. The van der Waals surface area contributed by atoms with Crippen molar-refractivity contribution in [1.82, 2.24) is 41.2 Å². The third-order valence-electron chi connectivity index (χ3n) is 6.56. The molecular weight excluding hydrogens is 590 g/mol. The van der Waals surface area contributed by atoms with Crippen LogP contribution in [0.2, 0.25) is 0 Å². The summed E-state index contributed by atoms with van der Waals surface area (Å²) in [6, 6.07) is 3.64. The van der Waals surface area contributed by atoms with Crippen LogP contribution in [0.5, 0.6) is 0 Å². The molecule has 17 nitrogen and oxygen atoms in total. The van der Waals surface area contributed by atoms with Crippen LogP contribution in [0.4, 0.5) is 0 Å². The zero-order valence-corrected chi connectivity index (χ0v) is 24.1. The highest BCUT2D eigenvalue weighted by Crippen LogP contribution is 2.07. The maximum atomic E-state index is 13.3. The number of aromatic nitrogens is 4. The second-order valence-corrected chi connectivity index (χ2v) is 10.1. The van der Waals surface area contributed by atoms with E-state index in [2.05, 4.69) is 41.2 Å². The molecule has 0 spiro atoms. The van der Waals surface area contributed by atoms with Crippen LogP contribution in [0, 0.1) is 0 Å². The van der Waals surface area contributed by atoms with Crippen LogP contribution in [-0.2, 0) is 48.0 Å². The highest BCUT2D eigenvalue weighted by molar-refractivity contribution is 5.94. The predicted molar refractivity (Wildman–Crippen MR) is 156 cm³/mol. The van der Waals surface area contributed by atoms with Crippen LogP contribution >= 0.6 is 0 Å². The van der Waals surface area contributed by atoms with Gasteiger partial charge in [-0.2, -0.15) is 0 Å². The molecule has 3 aromatic rings. The molecule has 0 bridgehead atoms. The Bertz CT molecular complexity index is 1430. The van der Waals surface area contributed by atoms with Crippen molar-refractivity contribution < 1.29 is 39.0 Å². The minimum absolute atomic E-state index is 0.0173. The summed E-state index contributed by atoms with van der Waals surface area (Å²) in [7, 11) is 0. The maximum absolute atomic E-state index is 13.3. The third-order valence-corrected chi connectivity index (χ3v) is 6.56. The highest BCUT2D eigenvalue weighted by atomic mass is 16.4. The molecule has 2 aromatic heterocycles. The number of aliphatic carboxylic acids is 2. The van der Waals surface area contributed by atoms with Gasteiger partial charge in [-0.3, -0.25) is 24.0 Å². The van der Waals surface area contributed by atoms with Gasteiger partial charge >= 0.3 is 11.9 Å². The molecule has 0 saturated heterocycles. The van der Waals surface area contributed by atoms with E-state index in [-0.39, 0.29) is 25.7 Å². The molecule has 0 aliphatic rings. The molecule has 1 aromatic carbocycles. The average molecular weight is 626 g/mol. The Morgan fingerprint density at radius 1 is 0.756 bits per heavy atom. The number of aromatic amines is 2. The maximum Gasteiger partial charge on any atom is 0.326 e. The largest absolute Gasteiger partial charge is 0.481 e. The van der Waals surface area contributed by atoms with Gasteiger partial charge in [0.2, 0.25) is 23.6 Å². The number of nitrogens with two attached hydrogens (primary N) is 1. The molecule has 45 heavy (non-hydrogen) atoms. The lowest BCUT2D eigenvalue weighted by Gasteiger charge is -2.24. The number of imidazole rings is 2. The summed E-state index contributed by atoms with van der Waals surface area (Å²) in [5.41, 5.74) is 7.67. The molecule has 3 rings (SSSR count). The summed E-state index contributed by atoms with van der Waals surface area (Å²) in [5, 5.41) is 28.4. The first-order chi connectivity index (χ1) is 21.5. The first-order valence-electron chi connectivity index (χ1n) is 13.9. The molecule has 10 N–H and O–H groups in total. The quantitative estimate of drug-likeness (QED) is 0.0746. The van der Waals surface area contributed by atoms with Crippen molar-refractivity contribution in [1.29, 1.82) is 0 Å². The second-order valence-electron chi connectivity index (χ2n) is 10.1. The summed E-state index contributed by atoms with van der Waals surface area (Å²) in [5.74, 6) is -5.64. The average Bonchev–Trinajstić information content (AvgIpc) is 3.72. The van der Waals surface area contributed by atoms with E-state index in [4.69, 9.17) is 5.73 Å². The Morgan fingerprint density at radius 2 is 1.38 bits per heavy atom. The molecule has 0 unspecified atom stereocenters. The number of carboxylic acid groups (broad SMARTS) is 2. The normalized spacial score (nSPS) is 13.4. The number of carboxylic acids is 2. The number of amides is 4. The fourth-order valence-corrected chi connectivity index (χ4v) is 4.22. The first-order valence-corrected chi connectivity index (χ1v) is 13.9. The van der Waals surface area contributed by atoms with Gasteiger partial charge < -0.3 is 47.2 Å². The standard InChI is InChI=1S/C28H35N9O8/c29-19(9-17-11-30-14-33-17)25(41)36-20(6-7-24(39)40)27(43)37-21(8-16-4-2-1-3-5-16)26(42)32-13-23(38)35-22(28(44)45)10-18-12-31-15-34-18/h1-5,11-12,14-15,19-22H,6-10,13,29H2,(H,30,33)(H,31,34)(H,32,42)(H,35,38)(H,36,41)(H,37,43)(H,39,40)(H,44,45)/t19-,20-,21-,22-/m0/s1. The number of carbonyl (C=O) groups is 6. The van der Waals surface area contributed by atoms with E-state index < -0.39 is 72.7 Å². The van der Waals surface area contributed by atoms with Crippen molar-refractivity contribution in [2.24, 2.45) is 5.73 Å². The predicted octanol–water partition coefficient (Wildman–Crippen LogP) is -1.99. The number of carbonyl (C=O) groups excluding carboxylic acids is 4. The minimum Gasteiger partial charge on any atom is -0.481 e. The van der Waals surface area contributed by atoms with E-state index in [1.54, 1.807) is 30.3 Å². The van der Waals surface area contributed by atoms with Gasteiger partial charge in [0.1, 0.15) is 18.1 Å². The summed E-state index contributed by atoms with van der Waals surface area (Å²) in [6.07, 6.45) is 4.90. The Hall–Kier alpha value is -5.58. The highest BCUT2D eigenvalue weighted by Gasteiger charge is 2.29.